The van der Waals surface area contributed by atoms with Gasteiger partial charge in [-0.1, -0.05) is 25.5 Å². The minimum atomic E-state index is -0.410. The van der Waals surface area contributed by atoms with Crippen molar-refractivity contribution in [3.8, 4) is 0 Å². The second-order valence-corrected chi connectivity index (χ2v) is 7.71. The maximum atomic E-state index is 12.2. The highest BCUT2D eigenvalue weighted by Crippen LogP contribution is 2.33. The smallest absolute Gasteiger partial charge is 0.348 e. The largest absolute Gasteiger partial charge is 0.451 e. The van der Waals surface area contributed by atoms with Gasteiger partial charge in [0.25, 0.3) is 5.91 Å². The lowest BCUT2D eigenvalue weighted by atomic mass is 9.87. The fourth-order valence-electron chi connectivity index (χ4n) is 3.17. The molecule has 1 heterocycles. The fraction of sp³-hybridized carbons (Fsp3) is 0.400. The average Bonchev–Trinajstić information content (AvgIpc) is 3.02. The van der Waals surface area contributed by atoms with Crippen LogP contribution in [0.3, 0.4) is 0 Å². The van der Waals surface area contributed by atoms with Crippen LogP contribution < -0.4 is 5.32 Å². The predicted molar refractivity (Wildman–Crippen MR) is 100 cm³/mol. The molecule has 3 rings (SSSR count). The molecule has 0 saturated heterocycles. The number of carbonyl (C=O) groups excluding carboxylic acids is 2. The van der Waals surface area contributed by atoms with Crippen LogP contribution in [0.15, 0.2) is 30.3 Å². The van der Waals surface area contributed by atoms with Crippen LogP contribution in [0.25, 0.3) is 0 Å². The van der Waals surface area contributed by atoms with E-state index < -0.39 is 5.97 Å². The van der Waals surface area contributed by atoms with Gasteiger partial charge in [0.05, 0.1) is 0 Å². The standard InChI is InChI=1S/C20H23NO3S/c1-3-14-7-8-17-15(10-14)11-18(25-17)20(23)24-12-19(22)21-16-6-4-5-13(2)9-16/h4-6,9,11,14H,3,7-8,10,12H2,1-2H3,(H,21,22)/t14-/m0/s1. The summed E-state index contributed by atoms with van der Waals surface area (Å²) in [6.07, 6.45) is 4.45. The van der Waals surface area contributed by atoms with Crippen molar-refractivity contribution in [3.63, 3.8) is 0 Å². The predicted octanol–water partition coefficient (Wildman–Crippen LogP) is 4.37. The van der Waals surface area contributed by atoms with E-state index >= 15 is 0 Å². The van der Waals surface area contributed by atoms with Crippen LogP contribution in [0.5, 0.6) is 0 Å². The number of thiophene rings is 1. The van der Waals surface area contributed by atoms with Crippen molar-refractivity contribution in [2.24, 2.45) is 5.92 Å². The monoisotopic (exact) mass is 357 g/mol. The van der Waals surface area contributed by atoms with E-state index in [1.54, 1.807) is 0 Å². The Morgan fingerprint density at radius 3 is 2.92 bits per heavy atom. The summed E-state index contributed by atoms with van der Waals surface area (Å²) in [4.78, 5) is 26.1. The first kappa shape index (κ1) is 17.7. The molecule has 1 amide bonds. The lowest BCUT2D eigenvalue weighted by molar-refractivity contribution is -0.119. The third kappa shape index (κ3) is 4.48. The summed E-state index contributed by atoms with van der Waals surface area (Å²) in [6, 6.07) is 9.46. The molecule has 0 saturated carbocycles. The number of hydrogen-bond donors (Lipinski definition) is 1. The van der Waals surface area contributed by atoms with Gasteiger partial charge in [0, 0.05) is 10.6 Å². The van der Waals surface area contributed by atoms with Crippen LogP contribution in [-0.4, -0.2) is 18.5 Å². The molecular formula is C20H23NO3S. The van der Waals surface area contributed by atoms with E-state index in [1.165, 1.54) is 34.6 Å². The van der Waals surface area contributed by atoms with Gasteiger partial charge >= 0.3 is 5.97 Å². The van der Waals surface area contributed by atoms with Crippen molar-refractivity contribution >= 4 is 28.9 Å². The van der Waals surface area contributed by atoms with Gasteiger partial charge in [-0.25, -0.2) is 4.79 Å². The van der Waals surface area contributed by atoms with Crippen LogP contribution in [0.4, 0.5) is 5.69 Å². The number of carbonyl (C=O) groups is 2. The molecule has 2 aromatic rings. The Bertz CT molecular complexity index is 781. The lowest BCUT2D eigenvalue weighted by Crippen LogP contribution is -2.20. The van der Waals surface area contributed by atoms with E-state index in [-0.39, 0.29) is 12.5 Å². The van der Waals surface area contributed by atoms with E-state index in [1.807, 2.05) is 37.3 Å². The highest BCUT2D eigenvalue weighted by atomic mass is 32.1. The minimum Gasteiger partial charge on any atom is -0.451 e. The Kier molecular flexibility index (Phi) is 5.53. The summed E-state index contributed by atoms with van der Waals surface area (Å²) in [5.74, 6) is -0.0239. The second-order valence-electron chi connectivity index (χ2n) is 6.57. The molecule has 5 heteroatoms. The molecule has 1 aliphatic carbocycles. The van der Waals surface area contributed by atoms with Crippen molar-refractivity contribution in [2.45, 2.75) is 39.5 Å². The third-order valence-electron chi connectivity index (χ3n) is 4.60. The van der Waals surface area contributed by atoms with Crippen molar-refractivity contribution < 1.29 is 14.3 Å². The molecule has 0 spiro atoms. The Morgan fingerprint density at radius 1 is 1.32 bits per heavy atom. The number of amides is 1. The summed E-state index contributed by atoms with van der Waals surface area (Å²) >= 11 is 1.51. The summed E-state index contributed by atoms with van der Waals surface area (Å²) < 4.78 is 5.18. The van der Waals surface area contributed by atoms with Gasteiger partial charge in [-0.2, -0.15) is 0 Å². The normalized spacial score (nSPS) is 16.2. The summed E-state index contributed by atoms with van der Waals surface area (Å²) in [5.41, 5.74) is 3.04. The molecule has 25 heavy (non-hydrogen) atoms. The Balaban J connectivity index is 1.54. The third-order valence-corrected chi connectivity index (χ3v) is 5.82. The Labute approximate surface area is 152 Å². The van der Waals surface area contributed by atoms with E-state index in [0.29, 0.717) is 16.5 Å². The molecule has 1 aliphatic rings. The zero-order chi connectivity index (χ0) is 17.8. The Hall–Kier alpha value is -2.14. The first-order valence-corrected chi connectivity index (χ1v) is 9.52. The molecule has 1 aromatic heterocycles. The van der Waals surface area contributed by atoms with Gasteiger partial charge in [-0.05, 0) is 61.4 Å². The van der Waals surface area contributed by atoms with Crippen LogP contribution >= 0.6 is 11.3 Å². The SMILES string of the molecule is CC[C@H]1CCc2sc(C(=O)OCC(=O)Nc3cccc(C)c3)cc2C1. The number of anilines is 1. The second kappa shape index (κ2) is 7.83. The molecule has 1 atom stereocenters. The van der Waals surface area contributed by atoms with Crippen molar-refractivity contribution in [1.29, 1.82) is 0 Å². The summed E-state index contributed by atoms with van der Waals surface area (Å²) in [6.45, 7) is 3.90. The number of esters is 1. The molecule has 4 nitrogen and oxygen atoms in total. The highest BCUT2D eigenvalue weighted by molar-refractivity contribution is 7.14. The van der Waals surface area contributed by atoms with Gasteiger partial charge in [0.1, 0.15) is 4.88 Å². The first-order valence-electron chi connectivity index (χ1n) is 8.70. The van der Waals surface area contributed by atoms with Gasteiger partial charge in [0.2, 0.25) is 0 Å². The lowest BCUT2D eigenvalue weighted by Gasteiger charge is -2.19. The maximum absolute atomic E-state index is 12.2. The van der Waals surface area contributed by atoms with E-state index in [2.05, 4.69) is 12.2 Å². The van der Waals surface area contributed by atoms with Gasteiger partial charge < -0.3 is 10.1 Å². The summed E-state index contributed by atoms with van der Waals surface area (Å²) in [7, 11) is 0. The molecule has 0 bridgehead atoms. The molecule has 0 aliphatic heterocycles. The van der Waals surface area contributed by atoms with Crippen LogP contribution in [0.1, 0.15) is 45.4 Å². The quantitative estimate of drug-likeness (QED) is 0.809. The van der Waals surface area contributed by atoms with Gasteiger partial charge in [-0.3, -0.25) is 4.79 Å². The van der Waals surface area contributed by atoms with E-state index in [9.17, 15) is 9.59 Å². The van der Waals surface area contributed by atoms with Crippen LogP contribution in [-0.2, 0) is 22.4 Å². The number of rotatable bonds is 5. The van der Waals surface area contributed by atoms with E-state index in [4.69, 9.17) is 4.74 Å². The number of ether oxygens (including phenoxy) is 1. The topological polar surface area (TPSA) is 55.4 Å². The van der Waals surface area contributed by atoms with Crippen LogP contribution in [0, 0.1) is 12.8 Å². The molecule has 1 aromatic carbocycles. The van der Waals surface area contributed by atoms with Crippen molar-refractivity contribution in [2.75, 3.05) is 11.9 Å². The van der Waals surface area contributed by atoms with Crippen LogP contribution in [0.2, 0.25) is 0 Å². The molecule has 0 unspecified atom stereocenters. The maximum Gasteiger partial charge on any atom is 0.348 e. The zero-order valence-corrected chi connectivity index (χ0v) is 15.4. The molecule has 132 valence electrons. The van der Waals surface area contributed by atoms with Gasteiger partial charge in [-0.15, -0.1) is 11.3 Å². The number of benzene rings is 1. The molecule has 0 fully saturated rings. The van der Waals surface area contributed by atoms with Crippen molar-refractivity contribution in [3.05, 3.63) is 51.2 Å². The zero-order valence-electron chi connectivity index (χ0n) is 14.6. The molecule has 1 N–H and O–H groups in total. The molecular weight excluding hydrogens is 334 g/mol. The summed E-state index contributed by atoms with van der Waals surface area (Å²) in [5, 5.41) is 2.74. The fourth-order valence-corrected chi connectivity index (χ4v) is 4.27. The number of aryl methyl sites for hydroxylation is 2. The molecule has 0 radical (unpaired) electrons. The average molecular weight is 357 g/mol. The van der Waals surface area contributed by atoms with Gasteiger partial charge in [0.15, 0.2) is 6.61 Å². The number of fused-ring (bicyclic) bond motifs is 1. The highest BCUT2D eigenvalue weighted by Gasteiger charge is 2.23. The Morgan fingerprint density at radius 2 is 2.16 bits per heavy atom. The minimum absolute atomic E-state index is 0.271. The van der Waals surface area contributed by atoms with Crippen molar-refractivity contribution in [1.82, 2.24) is 0 Å². The number of hydrogen-bond acceptors (Lipinski definition) is 4. The van der Waals surface area contributed by atoms with E-state index in [0.717, 1.165) is 18.4 Å². The first-order chi connectivity index (χ1) is 12.0. The number of nitrogens with one attached hydrogen (secondary N) is 1.